The summed E-state index contributed by atoms with van der Waals surface area (Å²) < 4.78 is 46.2. The first-order valence-corrected chi connectivity index (χ1v) is 11.1. The number of alkyl halides is 3. The number of aryl methyl sites for hydroxylation is 1. The average Bonchev–Trinajstić information content (AvgIpc) is 2.83. The summed E-state index contributed by atoms with van der Waals surface area (Å²) in [5.41, 5.74) is 0.0758. The number of amides is 1. The molecule has 0 atom stereocenters. The molecule has 2 N–H and O–H groups in total. The van der Waals surface area contributed by atoms with Crippen molar-refractivity contribution in [3.05, 3.63) is 69.8 Å². The van der Waals surface area contributed by atoms with Gasteiger partial charge in [-0.1, -0.05) is 18.2 Å². The summed E-state index contributed by atoms with van der Waals surface area (Å²) >= 11 is 0. The molecule has 0 aliphatic carbocycles. The van der Waals surface area contributed by atoms with Gasteiger partial charge in [0, 0.05) is 38.2 Å². The largest absolute Gasteiger partial charge is 0.416 e. The number of ether oxygens (including phenoxy) is 1. The molecule has 0 radical (unpaired) electrons. The van der Waals surface area contributed by atoms with E-state index in [-0.39, 0.29) is 30.0 Å². The number of carbonyl (C=O) groups is 1. The van der Waals surface area contributed by atoms with Gasteiger partial charge in [-0.25, -0.2) is 4.98 Å². The normalized spacial score (nSPS) is 14.4. The Balaban J connectivity index is 1.34. The van der Waals surface area contributed by atoms with Gasteiger partial charge in [0.1, 0.15) is 5.82 Å². The Morgan fingerprint density at radius 2 is 1.91 bits per heavy atom. The van der Waals surface area contributed by atoms with E-state index in [0.717, 1.165) is 6.07 Å². The van der Waals surface area contributed by atoms with Gasteiger partial charge in [0.2, 0.25) is 5.91 Å². The molecule has 0 unspecified atom stereocenters. The molecule has 3 aromatic rings. The minimum absolute atomic E-state index is 0.0124. The van der Waals surface area contributed by atoms with Crippen molar-refractivity contribution in [2.75, 3.05) is 31.2 Å². The second-order valence-electron chi connectivity index (χ2n) is 8.10. The zero-order valence-electron chi connectivity index (χ0n) is 18.5. The van der Waals surface area contributed by atoms with Crippen LogP contribution in [-0.2, 0) is 28.7 Å². The van der Waals surface area contributed by atoms with Crippen molar-refractivity contribution in [2.45, 2.75) is 32.0 Å². The fraction of sp³-hybridized carbons (Fsp3) is 0.375. The van der Waals surface area contributed by atoms with Crippen LogP contribution in [0, 0.1) is 0 Å². The number of para-hydroxylation sites is 1. The van der Waals surface area contributed by atoms with Crippen molar-refractivity contribution in [1.29, 1.82) is 0 Å². The van der Waals surface area contributed by atoms with Crippen molar-refractivity contribution in [2.24, 2.45) is 0 Å². The second-order valence-corrected chi connectivity index (χ2v) is 8.10. The molecule has 2 heterocycles. The predicted molar refractivity (Wildman–Crippen MR) is 122 cm³/mol. The number of anilines is 1. The third kappa shape index (κ3) is 5.74. The van der Waals surface area contributed by atoms with Crippen LogP contribution < -0.4 is 15.8 Å². The SMILES string of the molecule is O=C(CCCc1nc2ccccc2c(=O)[nH]1)NCc1ccc(N2CCOCC2)cc1C(F)(F)F. The Hall–Kier alpha value is -3.40. The Kier molecular flexibility index (Phi) is 7.16. The summed E-state index contributed by atoms with van der Waals surface area (Å²) in [7, 11) is 0. The maximum atomic E-state index is 13.7. The molecule has 34 heavy (non-hydrogen) atoms. The van der Waals surface area contributed by atoms with Gasteiger partial charge < -0.3 is 19.9 Å². The minimum atomic E-state index is -4.53. The molecule has 1 aliphatic heterocycles. The van der Waals surface area contributed by atoms with E-state index in [0.29, 0.717) is 61.6 Å². The van der Waals surface area contributed by atoms with Crippen molar-refractivity contribution >= 4 is 22.5 Å². The summed E-state index contributed by atoms with van der Waals surface area (Å²) in [4.78, 5) is 33.3. The number of nitrogens with one attached hydrogen (secondary N) is 2. The summed E-state index contributed by atoms with van der Waals surface area (Å²) in [5, 5.41) is 3.06. The quantitative estimate of drug-likeness (QED) is 0.548. The molecule has 1 amide bonds. The number of fused-ring (bicyclic) bond motifs is 1. The number of hydrogen-bond acceptors (Lipinski definition) is 5. The van der Waals surface area contributed by atoms with Crippen molar-refractivity contribution in [1.82, 2.24) is 15.3 Å². The van der Waals surface area contributed by atoms with Crippen molar-refractivity contribution in [3.63, 3.8) is 0 Å². The Morgan fingerprint density at radius 3 is 2.68 bits per heavy atom. The van der Waals surface area contributed by atoms with Gasteiger partial charge in [-0.2, -0.15) is 13.2 Å². The molecule has 1 aromatic heterocycles. The summed E-state index contributed by atoms with van der Waals surface area (Å²) in [6.07, 6.45) is -3.66. The molecule has 0 spiro atoms. The molecule has 4 rings (SSSR count). The lowest BCUT2D eigenvalue weighted by atomic mass is 10.0. The summed E-state index contributed by atoms with van der Waals surface area (Å²) in [5.74, 6) is 0.100. The number of rotatable bonds is 7. The molecule has 0 bridgehead atoms. The topological polar surface area (TPSA) is 87.3 Å². The van der Waals surface area contributed by atoms with Crippen LogP contribution in [0.15, 0.2) is 47.3 Å². The van der Waals surface area contributed by atoms with E-state index in [1.54, 1.807) is 30.3 Å². The number of morpholine rings is 1. The van der Waals surface area contributed by atoms with Crippen LogP contribution in [0.5, 0.6) is 0 Å². The van der Waals surface area contributed by atoms with E-state index < -0.39 is 11.7 Å². The van der Waals surface area contributed by atoms with Gasteiger partial charge in [-0.3, -0.25) is 9.59 Å². The standard InChI is InChI=1S/C24H25F3N4O3/c25-24(26,27)19-14-17(31-10-12-34-13-11-31)9-8-16(19)15-28-22(32)7-3-6-21-29-20-5-2-1-4-18(20)23(33)30-21/h1-2,4-5,8-9,14H,3,6-7,10-13,15H2,(H,28,32)(H,29,30,33). The van der Waals surface area contributed by atoms with Crippen LogP contribution >= 0.6 is 0 Å². The van der Waals surface area contributed by atoms with Crippen molar-refractivity contribution in [3.8, 4) is 0 Å². The van der Waals surface area contributed by atoms with E-state index >= 15 is 0 Å². The predicted octanol–water partition coefficient (Wildman–Crippen LogP) is 3.42. The highest BCUT2D eigenvalue weighted by molar-refractivity contribution is 5.77. The highest BCUT2D eigenvalue weighted by Gasteiger charge is 2.34. The fourth-order valence-corrected chi connectivity index (χ4v) is 3.95. The molecule has 2 aromatic carbocycles. The van der Waals surface area contributed by atoms with E-state index in [2.05, 4.69) is 15.3 Å². The zero-order chi connectivity index (χ0) is 24.1. The lowest BCUT2D eigenvalue weighted by Crippen LogP contribution is -2.36. The number of nitrogens with zero attached hydrogens (tertiary/aromatic N) is 2. The first-order chi connectivity index (χ1) is 16.3. The van der Waals surface area contributed by atoms with E-state index in [4.69, 9.17) is 4.74 Å². The van der Waals surface area contributed by atoms with Crippen LogP contribution in [0.25, 0.3) is 10.9 Å². The van der Waals surface area contributed by atoms with Gasteiger partial charge in [0.15, 0.2) is 0 Å². The van der Waals surface area contributed by atoms with Gasteiger partial charge in [-0.15, -0.1) is 0 Å². The number of benzene rings is 2. The Bertz CT molecular complexity index is 1220. The number of hydrogen-bond donors (Lipinski definition) is 2. The molecule has 1 saturated heterocycles. The number of aromatic nitrogens is 2. The first-order valence-electron chi connectivity index (χ1n) is 11.1. The molecule has 0 saturated carbocycles. The Morgan fingerprint density at radius 1 is 1.15 bits per heavy atom. The highest BCUT2D eigenvalue weighted by Crippen LogP contribution is 2.35. The number of H-pyrrole nitrogens is 1. The average molecular weight is 474 g/mol. The summed E-state index contributed by atoms with van der Waals surface area (Å²) in [6, 6.07) is 11.2. The molecule has 7 nitrogen and oxygen atoms in total. The maximum absolute atomic E-state index is 13.7. The highest BCUT2D eigenvalue weighted by atomic mass is 19.4. The molecule has 1 aliphatic rings. The minimum Gasteiger partial charge on any atom is -0.378 e. The van der Waals surface area contributed by atoms with Crippen LogP contribution in [0.3, 0.4) is 0 Å². The van der Waals surface area contributed by atoms with E-state index in [1.165, 1.54) is 6.07 Å². The van der Waals surface area contributed by atoms with Crippen molar-refractivity contribution < 1.29 is 22.7 Å². The maximum Gasteiger partial charge on any atom is 0.416 e. The summed E-state index contributed by atoms with van der Waals surface area (Å²) in [6.45, 7) is 1.79. The number of carbonyl (C=O) groups excluding carboxylic acids is 1. The van der Waals surface area contributed by atoms with Gasteiger partial charge in [0.25, 0.3) is 5.56 Å². The second kappa shape index (κ2) is 10.3. The van der Waals surface area contributed by atoms with Gasteiger partial charge >= 0.3 is 6.18 Å². The molecular weight excluding hydrogens is 449 g/mol. The Labute approximate surface area is 193 Å². The molecule has 1 fully saturated rings. The zero-order valence-corrected chi connectivity index (χ0v) is 18.5. The van der Waals surface area contributed by atoms with Crippen LogP contribution in [0.4, 0.5) is 18.9 Å². The third-order valence-corrected chi connectivity index (χ3v) is 5.73. The third-order valence-electron chi connectivity index (χ3n) is 5.73. The monoisotopic (exact) mass is 474 g/mol. The number of aromatic amines is 1. The van der Waals surface area contributed by atoms with Gasteiger partial charge in [-0.05, 0) is 36.2 Å². The lowest BCUT2D eigenvalue weighted by Gasteiger charge is -2.29. The number of halogens is 3. The fourth-order valence-electron chi connectivity index (χ4n) is 3.95. The smallest absolute Gasteiger partial charge is 0.378 e. The molecule has 180 valence electrons. The van der Waals surface area contributed by atoms with Crippen LogP contribution in [-0.4, -0.2) is 42.2 Å². The first kappa shape index (κ1) is 23.7. The van der Waals surface area contributed by atoms with Gasteiger partial charge in [0.05, 0.1) is 29.7 Å². The molecular formula is C24H25F3N4O3. The van der Waals surface area contributed by atoms with Crippen LogP contribution in [0.2, 0.25) is 0 Å². The lowest BCUT2D eigenvalue weighted by molar-refractivity contribution is -0.138. The van der Waals surface area contributed by atoms with Crippen LogP contribution in [0.1, 0.15) is 29.8 Å². The van der Waals surface area contributed by atoms with E-state index in [1.807, 2.05) is 4.90 Å². The van der Waals surface area contributed by atoms with E-state index in [9.17, 15) is 22.8 Å². The molecule has 10 heteroatoms.